The lowest BCUT2D eigenvalue weighted by molar-refractivity contribution is -0.123. The van der Waals surface area contributed by atoms with Gasteiger partial charge in [-0.25, -0.2) is 4.39 Å². The van der Waals surface area contributed by atoms with Gasteiger partial charge in [0.25, 0.3) is 0 Å². The highest BCUT2D eigenvalue weighted by molar-refractivity contribution is 5.77. The van der Waals surface area contributed by atoms with Crippen LogP contribution in [0.25, 0.3) is 0 Å². The molecule has 2 aromatic rings. The van der Waals surface area contributed by atoms with Gasteiger partial charge in [0, 0.05) is 36.8 Å². The van der Waals surface area contributed by atoms with E-state index in [1.54, 1.807) is 6.07 Å². The van der Waals surface area contributed by atoms with Gasteiger partial charge in [0.1, 0.15) is 5.82 Å². The highest BCUT2D eigenvalue weighted by Crippen LogP contribution is 2.25. The van der Waals surface area contributed by atoms with Crippen LogP contribution in [0, 0.1) is 12.7 Å². The third kappa shape index (κ3) is 3.48. The summed E-state index contributed by atoms with van der Waals surface area (Å²) >= 11 is 0. The lowest BCUT2D eigenvalue weighted by Gasteiger charge is -2.33. The molecule has 1 amide bonds. The van der Waals surface area contributed by atoms with E-state index in [1.807, 2.05) is 16.9 Å². The second-order valence-electron chi connectivity index (χ2n) is 6.20. The molecule has 3 rings (SSSR count). The lowest BCUT2D eigenvalue weighted by Crippen LogP contribution is -2.48. The maximum atomic E-state index is 13.5. The Bertz CT molecular complexity index is 728. The van der Waals surface area contributed by atoms with Crippen molar-refractivity contribution in [2.24, 2.45) is 0 Å². The highest BCUT2D eigenvalue weighted by atomic mass is 19.1. The number of hydrogen-bond acceptors (Lipinski definition) is 3. The van der Waals surface area contributed by atoms with Crippen molar-refractivity contribution in [3.8, 4) is 0 Å². The molecule has 0 saturated carbocycles. The summed E-state index contributed by atoms with van der Waals surface area (Å²) in [7, 11) is 0. The summed E-state index contributed by atoms with van der Waals surface area (Å²) in [6.45, 7) is 5.64. The van der Waals surface area contributed by atoms with E-state index in [-0.39, 0.29) is 23.8 Å². The summed E-state index contributed by atoms with van der Waals surface area (Å²) in [5, 5.41) is 10.9. The molecular weight excluding hydrogens is 307 g/mol. The number of piperidine rings is 1. The molecule has 1 aromatic carbocycles. The predicted molar refractivity (Wildman–Crippen MR) is 89.8 cm³/mol. The molecule has 1 saturated heterocycles. The standard InChI is InChI=1S/C18H23FN4O/c1-3-23-12(2)14(11-21-23)10-20-16-7-8-17(24)22-18(16)13-5-4-6-15(19)9-13/h4-6,9,11,16,18,20H,3,7-8,10H2,1-2H3,(H,22,24)/t16-,18+/m1/s1. The number of halogens is 1. The maximum absolute atomic E-state index is 13.5. The van der Waals surface area contributed by atoms with E-state index in [0.717, 1.165) is 29.8 Å². The number of benzene rings is 1. The van der Waals surface area contributed by atoms with Crippen molar-refractivity contribution in [3.63, 3.8) is 0 Å². The fourth-order valence-electron chi connectivity index (χ4n) is 3.25. The molecule has 1 fully saturated rings. The first-order chi connectivity index (χ1) is 11.6. The SMILES string of the molecule is CCn1ncc(CN[C@@H]2CCC(=O)N[C@H]2c2cccc(F)c2)c1C. The van der Waals surface area contributed by atoms with Crippen LogP contribution in [0.1, 0.15) is 42.6 Å². The number of amides is 1. The molecule has 0 unspecified atom stereocenters. The first-order valence-electron chi connectivity index (χ1n) is 8.38. The van der Waals surface area contributed by atoms with Gasteiger partial charge in [-0.2, -0.15) is 5.10 Å². The molecule has 2 heterocycles. The molecule has 1 aliphatic heterocycles. The molecule has 0 bridgehead atoms. The molecule has 24 heavy (non-hydrogen) atoms. The van der Waals surface area contributed by atoms with Crippen LogP contribution in [0.4, 0.5) is 4.39 Å². The predicted octanol–water partition coefficient (Wildman–Crippen LogP) is 2.46. The van der Waals surface area contributed by atoms with Crippen molar-refractivity contribution < 1.29 is 9.18 Å². The molecule has 1 aliphatic rings. The summed E-state index contributed by atoms with van der Waals surface area (Å²) < 4.78 is 15.5. The van der Waals surface area contributed by atoms with Crippen molar-refractivity contribution in [1.29, 1.82) is 0 Å². The van der Waals surface area contributed by atoms with Crippen molar-refractivity contribution in [2.75, 3.05) is 0 Å². The molecule has 2 N–H and O–H groups in total. The Morgan fingerprint density at radius 3 is 3.00 bits per heavy atom. The summed E-state index contributed by atoms with van der Waals surface area (Å²) in [6, 6.07) is 6.29. The molecule has 2 atom stereocenters. The van der Waals surface area contributed by atoms with Crippen molar-refractivity contribution in [2.45, 2.75) is 51.9 Å². The van der Waals surface area contributed by atoms with E-state index in [4.69, 9.17) is 0 Å². The Morgan fingerprint density at radius 2 is 2.29 bits per heavy atom. The second kappa shape index (κ2) is 7.13. The average molecular weight is 330 g/mol. The Labute approximate surface area is 141 Å². The van der Waals surface area contributed by atoms with Gasteiger partial charge in [-0.05, 0) is 38.0 Å². The van der Waals surface area contributed by atoms with Crippen molar-refractivity contribution >= 4 is 5.91 Å². The molecular formula is C18H23FN4O. The third-order valence-corrected chi connectivity index (χ3v) is 4.67. The minimum atomic E-state index is -0.286. The monoisotopic (exact) mass is 330 g/mol. The van der Waals surface area contributed by atoms with Crippen LogP contribution in [0.3, 0.4) is 0 Å². The number of carbonyl (C=O) groups is 1. The van der Waals surface area contributed by atoms with Crippen LogP contribution < -0.4 is 10.6 Å². The molecule has 0 aliphatic carbocycles. The molecule has 128 valence electrons. The molecule has 0 radical (unpaired) electrons. The van der Waals surface area contributed by atoms with Gasteiger partial charge in [0.15, 0.2) is 0 Å². The van der Waals surface area contributed by atoms with Gasteiger partial charge >= 0.3 is 0 Å². The summed E-state index contributed by atoms with van der Waals surface area (Å²) in [5.74, 6) is -0.275. The first-order valence-corrected chi connectivity index (χ1v) is 8.38. The van der Waals surface area contributed by atoms with Crippen molar-refractivity contribution in [3.05, 3.63) is 53.1 Å². The summed E-state index contributed by atoms with van der Waals surface area (Å²) in [5.41, 5.74) is 3.08. The minimum Gasteiger partial charge on any atom is -0.348 e. The summed E-state index contributed by atoms with van der Waals surface area (Å²) in [6.07, 6.45) is 3.09. The second-order valence-corrected chi connectivity index (χ2v) is 6.20. The van der Waals surface area contributed by atoms with E-state index >= 15 is 0 Å². The van der Waals surface area contributed by atoms with Crippen LogP contribution in [0.5, 0.6) is 0 Å². The number of aromatic nitrogens is 2. The number of nitrogens with zero attached hydrogens (tertiary/aromatic N) is 2. The maximum Gasteiger partial charge on any atom is 0.220 e. The van der Waals surface area contributed by atoms with E-state index in [1.165, 1.54) is 12.1 Å². The zero-order chi connectivity index (χ0) is 17.1. The van der Waals surface area contributed by atoms with E-state index in [2.05, 4.69) is 29.6 Å². The molecule has 0 spiro atoms. The van der Waals surface area contributed by atoms with Gasteiger partial charge in [-0.15, -0.1) is 0 Å². The van der Waals surface area contributed by atoms with Gasteiger partial charge in [-0.3, -0.25) is 9.48 Å². The average Bonchev–Trinajstić information content (AvgIpc) is 2.93. The largest absolute Gasteiger partial charge is 0.348 e. The zero-order valence-electron chi connectivity index (χ0n) is 14.1. The molecule has 5 nitrogen and oxygen atoms in total. The van der Waals surface area contributed by atoms with Gasteiger partial charge in [0.2, 0.25) is 5.91 Å². The highest BCUT2D eigenvalue weighted by Gasteiger charge is 2.29. The van der Waals surface area contributed by atoms with Crippen LogP contribution in [-0.2, 0) is 17.9 Å². The molecule has 6 heteroatoms. The van der Waals surface area contributed by atoms with Crippen LogP contribution in [-0.4, -0.2) is 21.7 Å². The van der Waals surface area contributed by atoms with Crippen LogP contribution in [0.15, 0.2) is 30.5 Å². The number of aryl methyl sites for hydroxylation is 1. The van der Waals surface area contributed by atoms with Crippen LogP contribution in [0.2, 0.25) is 0 Å². The van der Waals surface area contributed by atoms with Crippen molar-refractivity contribution in [1.82, 2.24) is 20.4 Å². The number of hydrogen-bond donors (Lipinski definition) is 2. The Kier molecular flexibility index (Phi) is 4.94. The van der Waals surface area contributed by atoms with E-state index in [9.17, 15) is 9.18 Å². The molecule has 1 aromatic heterocycles. The summed E-state index contributed by atoms with van der Waals surface area (Å²) in [4.78, 5) is 11.8. The topological polar surface area (TPSA) is 59.0 Å². The third-order valence-electron chi connectivity index (χ3n) is 4.67. The van der Waals surface area contributed by atoms with Gasteiger partial charge in [-0.1, -0.05) is 12.1 Å². The normalized spacial score (nSPS) is 20.9. The fraction of sp³-hybridized carbons (Fsp3) is 0.444. The zero-order valence-corrected chi connectivity index (χ0v) is 14.1. The number of carbonyl (C=O) groups excluding carboxylic acids is 1. The quantitative estimate of drug-likeness (QED) is 0.885. The van der Waals surface area contributed by atoms with E-state index in [0.29, 0.717) is 13.0 Å². The van der Waals surface area contributed by atoms with Gasteiger partial charge in [0.05, 0.1) is 12.2 Å². The van der Waals surface area contributed by atoms with Gasteiger partial charge < -0.3 is 10.6 Å². The number of nitrogens with one attached hydrogen (secondary N) is 2. The number of rotatable bonds is 5. The fourth-order valence-corrected chi connectivity index (χ4v) is 3.25. The minimum absolute atomic E-state index is 0.0114. The smallest absolute Gasteiger partial charge is 0.220 e. The Balaban J connectivity index is 1.74. The van der Waals surface area contributed by atoms with Crippen LogP contribution >= 0.6 is 0 Å². The first kappa shape index (κ1) is 16.6. The Morgan fingerprint density at radius 1 is 1.46 bits per heavy atom. The Hall–Kier alpha value is -2.21. The van der Waals surface area contributed by atoms with E-state index < -0.39 is 0 Å². The lowest BCUT2D eigenvalue weighted by atomic mass is 9.91.